The maximum atomic E-state index is 12.6. The van der Waals surface area contributed by atoms with Crippen LogP contribution in [0, 0.1) is 6.92 Å². The van der Waals surface area contributed by atoms with Gasteiger partial charge in [0.2, 0.25) is 10.0 Å². The van der Waals surface area contributed by atoms with Gasteiger partial charge in [-0.3, -0.25) is 4.79 Å². The van der Waals surface area contributed by atoms with Gasteiger partial charge in [-0.2, -0.15) is 0 Å². The molecule has 0 aromatic heterocycles. The van der Waals surface area contributed by atoms with E-state index in [1.165, 1.54) is 17.7 Å². The topological polar surface area (TPSA) is 78.5 Å². The molecule has 0 saturated carbocycles. The van der Waals surface area contributed by atoms with Crippen molar-refractivity contribution in [3.63, 3.8) is 0 Å². The first-order valence-corrected chi connectivity index (χ1v) is 10.3. The third-order valence-corrected chi connectivity index (χ3v) is 5.62. The summed E-state index contributed by atoms with van der Waals surface area (Å²) < 4.78 is 26.8. The molecule has 1 amide bonds. The molecular weight excluding hydrogens is 362 g/mol. The fraction of sp³-hybridized carbons (Fsp3) is 0.350. The van der Waals surface area contributed by atoms with E-state index in [1.54, 1.807) is 19.9 Å². The van der Waals surface area contributed by atoms with E-state index in [1.807, 2.05) is 38.4 Å². The van der Waals surface area contributed by atoms with Crippen LogP contribution in [0.5, 0.6) is 0 Å². The van der Waals surface area contributed by atoms with Crippen molar-refractivity contribution in [3.05, 3.63) is 64.7 Å². The fourth-order valence-electron chi connectivity index (χ4n) is 2.69. The molecule has 2 rings (SSSR count). The number of nitrogens with one attached hydrogen (secondary N) is 2. The van der Waals surface area contributed by atoms with Crippen molar-refractivity contribution in [2.45, 2.75) is 31.8 Å². The second kappa shape index (κ2) is 9.12. The second-order valence-electron chi connectivity index (χ2n) is 6.72. The van der Waals surface area contributed by atoms with Gasteiger partial charge in [-0.05, 0) is 49.8 Å². The molecule has 0 saturated heterocycles. The molecule has 0 aliphatic heterocycles. The number of rotatable bonds is 8. The standard InChI is InChI=1S/C20H27N3O3S/c1-5-22-27(25,26)18-11-6-15(2)19(12-18)20(24)21-13-16-7-9-17(10-8-16)14-23(3)4/h6-12,22H,5,13-14H2,1-4H3,(H,21,24). The number of amides is 1. The van der Waals surface area contributed by atoms with E-state index in [-0.39, 0.29) is 10.8 Å². The second-order valence-corrected chi connectivity index (χ2v) is 8.48. The van der Waals surface area contributed by atoms with Crippen molar-refractivity contribution in [2.24, 2.45) is 0 Å². The average molecular weight is 390 g/mol. The summed E-state index contributed by atoms with van der Waals surface area (Å²) in [5.41, 5.74) is 3.27. The van der Waals surface area contributed by atoms with Crippen LogP contribution in [0.1, 0.15) is 34.0 Å². The number of aryl methyl sites for hydroxylation is 1. The summed E-state index contributed by atoms with van der Waals surface area (Å²) in [6.07, 6.45) is 0. The Hall–Kier alpha value is -2.22. The predicted molar refractivity (Wildman–Crippen MR) is 107 cm³/mol. The Kier molecular flexibility index (Phi) is 7.12. The van der Waals surface area contributed by atoms with Gasteiger partial charge in [0.25, 0.3) is 5.91 Å². The zero-order chi connectivity index (χ0) is 20.0. The summed E-state index contributed by atoms with van der Waals surface area (Å²) in [5, 5.41) is 2.86. The van der Waals surface area contributed by atoms with Crippen molar-refractivity contribution in [1.29, 1.82) is 0 Å². The molecule has 2 aromatic carbocycles. The van der Waals surface area contributed by atoms with Gasteiger partial charge in [0.05, 0.1) is 4.90 Å². The highest BCUT2D eigenvalue weighted by Crippen LogP contribution is 2.16. The summed E-state index contributed by atoms with van der Waals surface area (Å²) in [5.74, 6) is -0.293. The minimum absolute atomic E-state index is 0.0909. The molecule has 7 heteroatoms. The third-order valence-electron chi connectivity index (χ3n) is 4.07. The summed E-state index contributed by atoms with van der Waals surface area (Å²) in [6, 6.07) is 12.6. The van der Waals surface area contributed by atoms with E-state index in [4.69, 9.17) is 0 Å². The molecule has 0 fully saturated rings. The zero-order valence-electron chi connectivity index (χ0n) is 16.2. The molecule has 0 aliphatic carbocycles. The number of hydrogen-bond acceptors (Lipinski definition) is 4. The fourth-order valence-corrected chi connectivity index (χ4v) is 3.76. The molecule has 0 heterocycles. The molecule has 0 bridgehead atoms. The summed E-state index contributed by atoms with van der Waals surface area (Å²) in [7, 11) is 0.430. The van der Waals surface area contributed by atoms with Crippen LogP contribution < -0.4 is 10.0 Å². The van der Waals surface area contributed by atoms with Crippen molar-refractivity contribution in [1.82, 2.24) is 14.9 Å². The van der Waals surface area contributed by atoms with Crippen molar-refractivity contribution < 1.29 is 13.2 Å². The van der Waals surface area contributed by atoms with Crippen LogP contribution in [0.2, 0.25) is 0 Å². The number of benzene rings is 2. The molecule has 0 aliphatic rings. The first-order chi connectivity index (χ1) is 12.7. The van der Waals surface area contributed by atoms with E-state index < -0.39 is 10.0 Å². The van der Waals surface area contributed by atoms with Gasteiger partial charge < -0.3 is 10.2 Å². The quantitative estimate of drug-likeness (QED) is 0.726. The Labute approximate surface area is 161 Å². The first-order valence-electron chi connectivity index (χ1n) is 8.84. The van der Waals surface area contributed by atoms with E-state index in [0.29, 0.717) is 18.7 Å². The largest absolute Gasteiger partial charge is 0.348 e. The molecule has 2 aromatic rings. The van der Waals surface area contributed by atoms with E-state index in [2.05, 4.69) is 14.9 Å². The molecule has 6 nitrogen and oxygen atoms in total. The summed E-state index contributed by atoms with van der Waals surface area (Å²) >= 11 is 0. The third kappa shape index (κ3) is 5.89. The van der Waals surface area contributed by atoms with Crippen LogP contribution in [-0.2, 0) is 23.1 Å². The van der Waals surface area contributed by atoms with Crippen LogP contribution in [0.15, 0.2) is 47.4 Å². The van der Waals surface area contributed by atoms with Crippen LogP contribution in [0.3, 0.4) is 0 Å². The van der Waals surface area contributed by atoms with Crippen molar-refractivity contribution >= 4 is 15.9 Å². The Morgan fingerprint density at radius 2 is 1.67 bits per heavy atom. The van der Waals surface area contributed by atoms with Gasteiger partial charge in [0.15, 0.2) is 0 Å². The lowest BCUT2D eigenvalue weighted by atomic mass is 10.1. The van der Waals surface area contributed by atoms with Gasteiger partial charge in [-0.15, -0.1) is 0 Å². The van der Waals surface area contributed by atoms with Crippen LogP contribution in [-0.4, -0.2) is 39.9 Å². The highest BCUT2D eigenvalue weighted by atomic mass is 32.2. The molecule has 146 valence electrons. The van der Waals surface area contributed by atoms with Crippen molar-refractivity contribution in [2.75, 3.05) is 20.6 Å². The molecule has 0 radical (unpaired) electrons. The van der Waals surface area contributed by atoms with Gasteiger partial charge in [-0.25, -0.2) is 13.1 Å². The Morgan fingerprint density at radius 3 is 2.26 bits per heavy atom. The normalized spacial score (nSPS) is 11.6. The number of carbonyl (C=O) groups excluding carboxylic acids is 1. The van der Waals surface area contributed by atoms with Crippen LogP contribution >= 0.6 is 0 Å². The van der Waals surface area contributed by atoms with E-state index in [9.17, 15) is 13.2 Å². The minimum Gasteiger partial charge on any atom is -0.348 e. The van der Waals surface area contributed by atoms with E-state index >= 15 is 0 Å². The van der Waals surface area contributed by atoms with E-state index in [0.717, 1.165) is 17.7 Å². The monoisotopic (exact) mass is 389 g/mol. The smallest absolute Gasteiger partial charge is 0.251 e. The lowest BCUT2D eigenvalue weighted by Crippen LogP contribution is -2.26. The number of carbonyl (C=O) groups is 1. The zero-order valence-corrected chi connectivity index (χ0v) is 17.1. The van der Waals surface area contributed by atoms with Gasteiger partial charge in [-0.1, -0.05) is 37.3 Å². The predicted octanol–water partition coefficient (Wildman–Crippen LogP) is 2.28. The number of sulfonamides is 1. The van der Waals surface area contributed by atoms with Crippen molar-refractivity contribution in [3.8, 4) is 0 Å². The lowest BCUT2D eigenvalue weighted by Gasteiger charge is -2.12. The highest BCUT2D eigenvalue weighted by molar-refractivity contribution is 7.89. The highest BCUT2D eigenvalue weighted by Gasteiger charge is 2.17. The Balaban J connectivity index is 2.09. The van der Waals surface area contributed by atoms with Gasteiger partial charge in [0, 0.05) is 25.2 Å². The average Bonchev–Trinajstić information content (AvgIpc) is 2.60. The number of hydrogen-bond donors (Lipinski definition) is 2. The first kappa shape index (κ1) is 21.1. The maximum absolute atomic E-state index is 12.6. The van der Waals surface area contributed by atoms with Gasteiger partial charge in [0.1, 0.15) is 0 Å². The summed E-state index contributed by atoms with van der Waals surface area (Å²) in [4.78, 5) is 14.7. The molecule has 2 N–H and O–H groups in total. The number of nitrogens with zero attached hydrogens (tertiary/aromatic N) is 1. The van der Waals surface area contributed by atoms with Crippen LogP contribution in [0.25, 0.3) is 0 Å². The summed E-state index contributed by atoms with van der Waals surface area (Å²) in [6.45, 7) is 5.03. The molecule has 0 atom stereocenters. The molecule has 0 spiro atoms. The Morgan fingerprint density at radius 1 is 1.04 bits per heavy atom. The van der Waals surface area contributed by atoms with Gasteiger partial charge >= 0.3 is 0 Å². The van der Waals surface area contributed by atoms with Crippen LogP contribution in [0.4, 0.5) is 0 Å². The maximum Gasteiger partial charge on any atom is 0.251 e. The lowest BCUT2D eigenvalue weighted by molar-refractivity contribution is 0.0950. The Bertz CT molecular complexity index is 891. The molecule has 0 unspecified atom stereocenters. The minimum atomic E-state index is -3.60. The molecule has 27 heavy (non-hydrogen) atoms. The SMILES string of the molecule is CCNS(=O)(=O)c1ccc(C)c(C(=O)NCc2ccc(CN(C)C)cc2)c1. The molecular formula is C20H27N3O3S.